The standard InChI is InChI=1S/C15H14BrFN4O3/c1-19-12-11(13(22)20(2)15(19)23)21(14(16)18-12)7-8-6-9(17)4-5-10(8)24-3/h4-6H,7H2,1-3H3. The number of imidazole rings is 1. The number of ether oxygens (including phenoxy) is 1. The summed E-state index contributed by atoms with van der Waals surface area (Å²) in [7, 11) is 4.43. The average molecular weight is 397 g/mol. The zero-order chi connectivity index (χ0) is 17.6. The van der Waals surface area contributed by atoms with Crippen molar-refractivity contribution in [3.05, 3.63) is 55.2 Å². The molecule has 3 aromatic rings. The van der Waals surface area contributed by atoms with Crippen LogP contribution in [0, 0.1) is 5.82 Å². The lowest BCUT2D eigenvalue weighted by Gasteiger charge is -2.11. The SMILES string of the molecule is COc1ccc(F)cc1Cn1c(Br)nc2c1c(=O)n(C)c(=O)n2C. The molecule has 0 N–H and O–H groups in total. The zero-order valence-corrected chi connectivity index (χ0v) is 14.8. The molecule has 0 atom stereocenters. The maximum atomic E-state index is 13.6. The van der Waals surface area contributed by atoms with Crippen molar-refractivity contribution in [3.63, 3.8) is 0 Å². The van der Waals surface area contributed by atoms with Crippen LogP contribution in [0.1, 0.15) is 5.56 Å². The molecule has 2 aromatic heterocycles. The largest absolute Gasteiger partial charge is 0.496 e. The van der Waals surface area contributed by atoms with Gasteiger partial charge in [0.2, 0.25) is 0 Å². The smallest absolute Gasteiger partial charge is 0.332 e. The number of fused-ring (bicyclic) bond motifs is 1. The summed E-state index contributed by atoms with van der Waals surface area (Å²) in [6.45, 7) is 0.158. The molecule has 0 aliphatic rings. The maximum absolute atomic E-state index is 13.6. The fourth-order valence-electron chi connectivity index (χ4n) is 2.61. The second-order valence-corrected chi connectivity index (χ2v) is 6.01. The summed E-state index contributed by atoms with van der Waals surface area (Å²) in [5, 5.41) is 0. The topological polar surface area (TPSA) is 71.1 Å². The molecule has 0 unspecified atom stereocenters. The van der Waals surface area contributed by atoms with Crippen LogP contribution in [0.3, 0.4) is 0 Å². The number of rotatable bonds is 3. The van der Waals surface area contributed by atoms with Gasteiger partial charge in [-0.15, -0.1) is 0 Å². The van der Waals surface area contributed by atoms with E-state index in [4.69, 9.17) is 4.74 Å². The Morgan fingerprint density at radius 3 is 2.62 bits per heavy atom. The third kappa shape index (κ3) is 2.44. The van der Waals surface area contributed by atoms with Gasteiger partial charge >= 0.3 is 5.69 Å². The van der Waals surface area contributed by atoms with Crippen LogP contribution in [0.25, 0.3) is 11.2 Å². The molecule has 0 amide bonds. The monoisotopic (exact) mass is 396 g/mol. The molecule has 0 bridgehead atoms. The molecule has 0 radical (unpaired) electrons. The highest BCUT2D eigenvalue weighted by Crippen LogP contribution is 2.24. The molecular formula is C15H14BrFN4O3. The summed E-state index contributed by atoms with van der Waals surface area (Å²) in [6.07, 6.45) is 0. The summed E-state index contributed by atoms with van der Waals surface area (Å²) >= 11 is 3.30. The van der Waals surface area contributed by atoms with Gasteiger partial charge in [-0.2, -0.15) is 0 Å². The van der Waals surface area contributed by atoms with E-state index in [0.29, 0.717) is 16.0 Å². The van der Waals surface area contributed by atoms with E-state index in [-0.39, 0.29) is 17.7 Å². The van der Waals surface area contributed by atoms with E-state index in [1.54, 1.807) is 4.57 Å². The zero-order valence-electron chi connectivity index (χ0n) is 13.2. The Hall–Kier alpha value is -2.42. The van der Waals surface area contributed by atoms with Crippen LogP contribution < -0.4 is 16.0 Å². The van der Waals surface area contributed by atoms with Crippen LogP contribution in [0.5, 0.6) is 5.75 Å². The van der Waals surface area contributed by atoms with Crippen molar-refractivity contribution in [3.8, 4) is 5.75 Å². The Kier molecular flexibility index (Phi) is 4.04. The van der Waals surface area contributed by atoms with Crippen molar-refractivity contribution >= 4 is 27.1 Å². The molecule has 7 nitrogen and oxygen atoms in total. The van der Waals surface area contributed by atoms with Crippen molar-refractivity contribution in [2.45, 2.75) is 6.54 Å². The van der Waals surface area contributed by atoms with E-state index in [9.17, 15) is 14.0 Å². The number of benzene rings is 1. The van der Waals surface area contributed by atoms with E-state index in [1.165, 1.54) is 44.0 Å². The molecule has 0 aliphatic heterocycles. The number of methoxy groups -OCH3 is 1. The predicted molar refractivity (Wildman–Crippen MR) is 90.0 cm³/mol. The second-order valence-electron chi connectivity index (χ2n) is 5.30. The van der Waals surface area contributed by atoms with Gasteiger partial charge in [-0.3, -0.25) is 13.9 Å². The lowest BCUT2D eigenvalue weighted by atomic mass is 10.2. The van der Waals surface area contributed by atoms with Crippen molar-refractivity contribution in [1.29, 1.82) is 0 Å². The van der Waals surface area contributed by atoms with E-state index in [0.717, 1.165) is 4.57 Å². The van der Waals surface area contributed by atoms with Gasteiger partial charge in [0.05, 0.1) is 13.7 Å². The van der Waals surface area contributed by atoms with Gasteiger partial charge in [-0.1, -0.05) is 0 Å². The van der Waals surface area contributed by atoms with Crippen LogP contribution in [0.4, 0.5) is 4.39 Å². The highest BCUT2D eigenvalue weighted by atomic mass is 79.9. The summed E-state index contributed by atoms with van der Waals surface area (Å²) < 4.78 is 23.1. The quantitative estimate of drug-likeness (QED) is 0.627. The molecule has 0 fully saturated rings. The summed E-state index contributed by atoms with van der Waals surface area (Å²) in [4.78, 5) is 28.8. The highest BCUT2D eigenvalue weighted by molar-refractivity contribution is 9.10. The number of hydrogen-bond acceptors (Lipinski definition) is 4. The first-order valence-electron chi connectivity index (χ1n) is 6.99. The Balaban J connectivity index is 2.29. The first-order chi connectivity index (χ1) is 11.3. The predicted octanol–water partition coefficient (Wildman–Crippen LogP) is 1.39. The van der Waals surface area contributed by atoms with Crippen LogP contribution >= 0.6 is 15.9 Å². The lowest BCUT2D eigenvalue weighted by Crippen LogP contribution is -2.37. The second kappa shape index (κ2) is 5.90. The Morgan fingerprint density at radius 2 is 1.96 bits per heavy atom. The van der Waals surface area contributed by atoms with Gasteiger partial charge in [0.1, 0.15) is 11.6 Å². The van der Waals surface area contributed by atoms with E-state index in [1.807, 2.05) is 0 Å². The molecule has 2 heterocycles. The highest BCUT2D eigenvalue weighted by Gasteiger charge is 2.19. The first-order valence-corrected chi connectivity index (χ1v) is 7.78. The summed E-state index contributed by atoms with van der Waals surface area (Å²) in [5.74, 6) is 0.0819. The Morgan fingerprint density at radius 1 is 1.25 bits per heavy atom. The number of aromatic nitrogens is 4. The average Bonchev–Trinajstić information content (AvgIpc) is 2.88. The van der Waals surface area contributed by atoms with Gasteiger partial charge in [0, 0.05) is 19.7 Å². The number of aryl methyl sites for hydroxylation is 1. The molecule has 0 saturated carbocycles. The molecule has 24 heavy (non-hydrogen) atoms. The molecular weight excluding hydrogens is 383 g/mol. The van der Waals surface area contributed by atoms with Gasteiger partial charge in [-0.25, -0.2) is 14.2 Å². The third-order valence-electron chi connectivity index (χ3n) is 3.87. The van der Waals surface area contributed by atoms with E-state index >= 15 is 0 Å². The molecule has 126 valence electrons. The molecule has 0 aliphatic carbocycles. The van der Waals surface area contributed by atoms with Crippen molar-refractivity contribution in [2.24, 2.45) is 14.1 Å². The molecule has 1 aromatic carbocycles. The number of nitrogens with zero attached hydrogens (tertiary/aromatic N) is 4. The van der Waals surface area contributed by atoms with Gasteiger partial charge in [0.25, 0.3) is 5.56 Å². The fourth-order valence-corrected chi connectivity index (χ4v) is 3.08. The van der Waals surface area contributed by atoms with Crippen LogP contribution in [-0.2, 0) is 20.6 Å². The van der Waals surface area contributed by atoms with Crippen LogP contribution in [-0.4, -0.2) is 25.8 Å². The van der Waals surface area contributed by atoms with Gasteiger partial charge in [-0.05, 0) is 34.1 Å². The van der Waals surface area contributed by atoms with Crippen LogP contribution in [0.2, 0.25) is 0 Å². The maximum Gasteiger partial charge on any atom is 0.332 e. The van der Waals surface area contributed by atoms with E-state index < -0.39 is 17.1 Å². The summed E-state index contributed by atoms with van der Waals surface area (Å²) in [6, 6.07) is 4.15. The van der Waals surface area contributed by atoms with Crippen molar-refractivity contribution in [2.75, 3.05) is 7.11 Å². The molecule has 3 rings (SSSR count). The first kappa shape index (κ1) is 16.4. The van der Waals surface area contributed by atoms with Crippen molar-refractivity contribution in [1.82, 2.24) is 18.7 Å². The van der Waals surface area contributed by atoms with Gasteiger partial charge < -0.3 is 9.30 Å². The summed E-state index contributed by atoms with van der Waals surface area (Å²) in [5.41, 5.74) is 0.117. The minimum atomic E-state index is -0.471. The molecule has 9 heteroatoms. The normalized spacial score (nSPS) is 11.2. The number of hydrogen-bond donors (Lipinski definition) is 0. The Bertz CT molecular complexity index is 1070. The fraction of sp³-hybridized carbons (Fsp3) is 0.267. The lowest BCUT2D eigenvalue weighted by molar-refractivity contribution is 0.407. The van der Waals surface area contributed by atoms with Crippen LogP contribution in [0.15, 0.2) is 32.5 Å². The Labute approximate surface area is 144 Å². The molecule has 0 saturated heterocycles. The minimum Gasteiger partial charge on any atom is -0.496 e. The third-order valence-corrected chi connectivity index (χ3v) is 4.48. The number of halogens is 2. The molecule has 0 spiro atoms. The van der Waals surface area contributed by atoms with Crippen molar-refractivity contribution < 1.29 is 9.13 Å². The van der Waals surface area contributed by atoms with Gasteiger partial charge in [0.15, 0.2) is 15.9 Å². The minimum absolute atomic E-state index is 0.158. The van der Waals surface area contributed by atoms with E-state index in [2.05, 4.69) is 20.9 Å².